The zero-order valence-electron chi connectivity index (χ0n) is 9.64. The molecule has 3 nitrogen and oxygen atoms in total. The van der Waals surface area contributed by atoms with Crippen LogP contribution in [0.3, 0.4) is 0 Å². The van der Waals surface area contributed by atoms with E-state index >= 15 is 0 Å². The van der Waals surface area contributed by atoms with Crippen molar-refractivity contribution in [1.29, 1.82) is 0 Å². The average molecular weight is 281 g/mol. The van der Waals surface area contributed by atoms with Gasteiger partial charge in [0.25, 0.3) is 0 Å². The second kappa shape index (κ2) is 4.96. The first-order valence-corrected chi connectivity index (χ1v) is 7.19. The first kappa shape index (κ1) is 12.1. The molecule has 2 aromatic rings. The maximum absolute atomic E-state index is 10.4. The van der Waals surface area contributed by atoms with Gasteiger partial charge < -0.3 is 10.1 Å². The summed E-state index contributed by atoms with van der Waals surface area (Å²) in [6, 6.07) is 5.71. The summed E-state index contributed by atoms with van der Waals surface area (Å²) in [7, 11) is 0. The number of aromatic nitrogens is 2. The molecule has 0 saturated heterocycles. The van der Waals surface area contributed by atoms with Crippen molar-refractivity contribution in [2.75, 3.05) is 5.75 Å². The summed E-state index contributed by atoms with van der Waals surface area (Å²) >= 11 is 7.76. The van der Waals surface area contributed by atoms with E-state index < -0.39 is 6.10 Å². The molecule has 0 amide bonds. The van der Waals surface area contributed by atoms with E-state index in [9.17, 15) is 5.11 Å². The van der Waals surface area contributed by atoms with Crippen LogP contribution in [0.2, 0.25) is 5.02 Å². The van der Waals surface area contributed by atoms with Crippen LogP contribution in [0.5, 0.6) is 0 Å². The van der Waals surface area contributed by atoms with Crippen LogP contribution in [0.1, 0.15) is 17.5 Å². The van der Waals surface area contributed by atoms with Crippen molar-refractivity contribution >= 4 is 23.4 Å². The minimum atomic E-state index is -0.468. The lowest BCUT2D eigenvalue weighted by molar-refractivity contribution is 0.114. The minimum absolute atomic E-state index is 0.173. The number of benzene rings is 1. The molecule has 0 bridgehead atoms. The number of aliphatic hydroxyl groups is 1. The third kappa shape index (κ3) is 2.28. The highest BCUT2D eigenvalue weighted by Crippen LogP contribution is 2.41. The summed E-state index contributed by atoms with van der Waals surface area (Å²) in [4.78, 5) is 8.43. The van der Waals surface area contributed by atoms with Crippen molar-refractivity contribution < 1.29 is 5.11 Å². The van der Waals surface area contributed by atoms with Crippen molar-refractivity contribution in [2.45, 2.75) is 17.4 Å². The van der Waals surface area contributed by atoms with Gasteiger partial charge in [0.2, 0.25) is 0 Å². The number of hydrogen-bond donors (Lipinski definition) is 2. The van der Waals surface area contributed by atoms with Crippen LogP contribution in [-0.4, -0.2) is 20.8 Å². The van der Waals surface area contributed by atoms with Gasteiger partial charge in [-0.2, -0.15) is 0 Å². The fourth-order valence-corrected chi connectivity index (χ4v) is 3.64. The SMILES string of the molecule is O[C@@H]1c2cc(Cl)ccc2SC[C@H]1Cc1ncc[nH]1. The fourth-order valence-electron chi connectivity index (χ4n) is 2.25. The summed E-state index contributed by atoms with van der Waals surface area (Å²) in [5.74, 6) is 1.99. The van der Waals surface area contributed by atoms with Crippen LogP contribution >= 0.6 is 23.4 Å². The quantitative estimate of drug-likeness (QED) is 0.889. The van der Waals surface area contributed by atoms with Crippen LogP contribution in [-0.2, 0) is 6.42 Å². The minimum Gasteiger partial charge on any atom is -0.388 e. The number of aromatic amines is 1. The smallest absolute Gasteiger partial charge is 0.106 e. The molecule has 1 aliphatic heterocycles. The number of hydrogen-bond acceptors (Lipinski definition) is 3. The van der Waals surface area contributed by atoms with Crippen LogP contribution in [0.25, 0.3) is 0 Å². The highest BCUT2D eigenvalue weighted by atomic mass is 35.5. The predicted octanol–water partition coefficient (Wildman–Crippen LogP) is 3.06. The second-order valence-corrected chi connectivity index (χ2v) is 5.94. The zero-order chi connectivity index (χ0) is 12.5. The number of imidazole rings is 1. The first-order chi connectivity index (χ1) is 8.74. The molecule has 0 fully saturated rings. The summed E-state index contributed by atoms with van der Waals surface area (Å²) in [6.07, 6.45) is 3.84. The second-order valence-electron chi connectivity index (χ2n) is 4.44. The van der Waals surface area contributed by atoms with Gasteiger partial charge in [-0.3, -0.25) is 0 Å². The lowest BCUT2D eigenvalue weighted by Gasteiger charge is -2.29. The normalized spacial score (nSPS) is 22.8. The Morgan fingerprint density at radius 3 is 3.17 bits per heavy atom. The third-order valence-corrected chi connectivity index (χ3v) is 4.71. The van der Waals surface area contributed by atoms with Crippen molar-refractivity contribution in [3.63, 3.8) is 0 Å². The molecule has 94 valence electrons. The number of thioether (sulfide) groups is 1. The van der Waals surface area contributed by atoms with E-state index in [4.69, 9.17) is 11.6 Å². The van der Waals surface area contributed by atoms with Gasteiger partial charge in [-0.15, -0.1) is 11.8 Å². The lowest BCUT2D eigenvalue weighted by atomic mass is 9.93. The molecule has 1 aromatic heterocycles. The zero-order valence-corrected chi connectivity index (χ0v) is 11.2. The molecular weight excluding hydrogens is 268 g/mol. The van der Waals surface area contributed by atoms with E-state index in [-0.39, 0.29) is 5.92 Å². The van der Waals surface area contributed by atoms with Gasteiger partial charge in [-0.25, -0.2) is 4.98 Å². The van der Waals surface area contributed by atoms with Crippen molar-refractivity contribution in [1.82, 2.24) is 9.97 Å². The van der Waals surface area contributed by atoms with Gasteiger partial charge >= 0.3 is 0 Å². The standard InChI is InChI=1S/C13H13ClN2OS/c14-9-1-2-11-10(6-9)13(17)8(7-18-11)5-12-15-3-4-16-12/h1-4,6,8,13,17H,5,7H2,(H,15,16)/t8-,13+/m1/s1. The number of H-pyrrole nitrogens is 1. The van der Waals surface area contributed by atoms with Crippen LogP contribution in [0.4, 0.5) is 0 Å². The third-order valence-electron chi connectivity index (χ3n) is 3.20. The molecule has 1 aromatic carbocycles. The van der Waals surface area contributed by atoms with Crippen molar-refractivity contribution in [2.24, 2.45) is 5.92 Å². The number of nitrogens with one attached hydrogen (secondary N) is 1. The van der Waals surface area contributed by atoms with Gasteiger partial charge in [-0.05, 0) is 23.8 Å². The molecule has 2 atom stereocenters. The molecule has 1 aliphatic rings. The van der Waals surface area contributed by atoms with E-state index in [1.54, 1.807) is 18.0 Å². The van der Waals surface area contributed by atoms with Crippen LogP contribution < -0.4 is 0 Å². The highest BCUT2D eigenvalue weighted by Gasteiger charge is 2.29. The number of aliphatic hydroxyl groups excluding tert-OH is 1. The Bertz CT molecular complexity index is 544. The maximum atomic E-state index is 10.4. The molecule has 5 heteroatoms. The predicted molar refractivity (Wildman–Crippen MR) is 72.9 cm³/mol. The Balaban J connectivity index is 1.84. The molecule has 0 unspecified atom stereocenters. The van der Waals surface area contributed by atoms with Gasteiger partial charge in [0.1, 0.15) is 5.82 Å². The Morgan fingerprint density at radius 1 is 1.50 bits per heavy atom. The Morgan fingerprint density at radius 2 is 2.39 bits per heavy atom. The highest BCUT2D eigenvalue weighted by molar-refractivity contribution is 7.99. The number of nitrogens with zero attached hydrogens (tertiary/aromatic N) is 1. The molecule has 3 rings (SSSR count). The average Bonchev–Trinajstić information content (AvgIpc) is 2.86. The van der Waals surface area contributed by atoms with Gasteiger partial charge in [0.15, 0.2) is 0 Å². The molecule has 0 radical (unpaired) electrons. The topological polar surface area (TPSA) is 48.9 Å². The monoisotopic (exact) mass is 280 g/mol. The van der Waals surface area contributed by atoms with E-state index in [2.05, 4.69) is 9.97 Å². The maximum Gasteiger partial charge on any atom is 0.106 e. The van der Waals surface area contributed by atoms with Gasteiger partial charge in [0.05, 0.1) is 6.10 Å². The summed E-state index contributed by atoms with van der Waals surface area (Å²) < 4.78 is 0. The van der Waals surface area contributed by atoms with E-state index in [0.717, 1.165) is 28.5 Å². The summed E-state index contributed by atoms with van der Waals surface area (Å²) in [5, 5.41) is 11.1. The van der Waals surface area contributed by atoms with Crippen LogP contribution in [0.15, 0.2) is 35.5 Å². The molecule has 2 N–H and O–H groups in total. The Kier molecular flexibility index (Phi) is 3.33. The fraction of sp³-hybridized carbons (Fsp3) is 0.308. The molecule has 18 heavy (non-hydrogen) atoms. The Labute approximate surface area is 115 Å². The first-order valence-electron chi connectivity index (χ1n) is 5.82. The molecule has 0 spiro atoms. The van der Waals surface area contributed by atoms with E-state index in [1.807, 2.05) is 24.4 Å². The molecular formula is C13H13ClN2OS. The van der Waals surface area contributed by atoms with Gasteiger partial charge in [-0.1, -0.05) is 11.6 Å². The number of fused-ring (bicyclic) bond motifs is 1. The van der Waals surface area contributed by atoms with E-state index in [0.29, 0.717) is 5.02 Å². The summed E-state index contributed by atoms with van der Waals surface area (Å²) in [6.45, 7) is 0. The largest absolute Gasteiger partial charge is 0.388 e. The lowest BCUT2D eigenvalue weighted by Crippen LogP contribution is -2.22. The Hall–Kier alpha value is -0.970. The molecule has 0 saturated carbocycles. The molecule has 0 aliphatic carbocycles. The number of halogens is 1. The molecule has 2 heterocycles. The van der Waals surface area contributed by atoms with Gasteiger partial charge in [0, 0.05) is 40.4 Å². The summed E-state index contributed by atoms with van der Waals surface area (Å²) in [5.41, 5.74) is 0.940. The van der Waals surface area contributed by atoms with Crippen molar-refractivity contribution in [3.8, 4) is 0 Å². The van der Waals surface area contributed by atoms with Crippen molar-refractivity contribution in [3.05, 3.63) is 47.0 Å². The van der Waals surface area contributed by atoms with Crippen LogP contribution in [0, 0.1) is 5.92 Å². The number of rotatable bonds is 2. The van der Waals surface area contributed by atoms with E-state index in [1.165, 1.54) is 0 Å².